The van der Waals surface area contributed by atoms with Gasteiger partial charge in [0.05, 0.1) is 12.6 Å². The van der Waals surface area contributed by atoms with E-state index < -0.39 is 0 Å². The molecule has 2 rings (SSSR count). The fraction of sp³-hybridized carbons (Fsp3) is 0.533. The summed E-state index contributed by atoms with van der Waals surface area (Å²) in [7, 11) is 1.67. The number of likely N-dealkylation sites (N-methyl/N-ethyl adjacent to an activating group) is 1. The molecule has 0 aliphatic carbocycles. The van der Waals surface area contributed by atoms with Crippen molar-refractivity contribution in [2.24, 2.45) is 0 Å². The van der Waals surface area contributed by atoms with E-state index in [1.54, 1.807) is 7.11 Å². The topological polar surface area (TPSA) is 41.6 Å². The molecule has 1 aromatic carbocycles. The Hall–Kier alpha value is -1.55. The van der Waals surface area contributed by atoms with E-state index in [4.69, 9.17) is 4.74 Å². The third-order valence-electron chi connectivity index (χ3n) is 3.63. The molecule has 0 saturated heterocycles. The average molecular weight is 262 g/mol. The number of carbonyl (C=O) groups excluding carboxylic acids is 1. The molecule has 2 atom stereocenters. The van der Waals surface area contributed by atoms with Crippen molar-refractivity contribution in [2.45, 2.75) is 32.4 Å². The predicted molar refractivity (Wildman–Crippen MR) is 76.3 cm³/mol. The average Bonchev–Trinajstić information content (AvgIpc) is 2.83. The van der Waals surface area contributed by atoms with Crippen LogP contribution in [0.4, 0.5) is 5.69 Å². The largest absolute Gasteiger partial charge is 0.383 e. The van der Waals surface area contributed by atoms with Crippen molar-refractivity contribution in [3.05, 3.63) is 29.8 Å². The molecule has 19 heavy (non-hydrogen) atoms. The van der Waals surface area contributed by atoms with Crippen LogP contribution < -0.4 is 5.32 Å². The highest BCUT2D eigenvalue weighted by Crippen LogP contribution is 2.26. The van der Waals surface area contributed by atoms with Crippen LogP contribution in [0.1, 0.15) is 19.4 Å². The van der Waals surface area contributed by atoms with Crippen molar-refractivity contribution in [1.82, 2.24) is 4.90 Å². The molecular formula is C15H22N2O2. The minimum absolute atomic E-state index is 0.105. The molecule has 0 bridgehead atoms. The van der Waals surface area contributed by atoms with Gasteiger partial charge in [-0.1, -0.05) is 18.2 Å². The Balaban J connectivity index is 2.05. The number of para-hydroxylation sites is 1. The number of ether oxygens (including phenoxy) is 1. The zero-order chi connectivity index (χ0) is 13.8. The van der Waals surface area contributed by atoms with Crippen molar-refractivity contribution in [3.8, 4) is 0 Å². The van der Waals surface area contributed by atoms with Gasteiger partial charge in [0.1, 0.15) is 6.04 Å². The Morgan fingerprint density at radius 3 is 2.89 bits per heavy atom. The zero-order valence-electron chi connectivity index (χ0n) is 11.8. The summed E-state index contributed by atoms with van der Waals surface area (Å²) in [5.74, 6) is 0.156. The minimum Gasteiger partial charge on any atom is -0.383 e. The van der Waals surface area contributed by atoms with Gasteiger partial charge in [-0.2, -0.15) is 0 Å². The van der Waals surface area contributed by atoms with Gasteiger partial charge >= 0.3 is 0 Å². The molecule has 1 N–H and O–H groups in total. The van der Waals surface area contributed by atoms with Gasteiger partial charge in [-0.05, 0) is 25.5 Å². The maximum Gasteiger partial charge on any atom is 0.245 e. The van der Waals surface area contributed by atoms with Crippen LogP contribution in [0.25, 0.3) is 0 Å². The third-order valence-corrected chi connectivity index (χ3v) is 3.63. The third kappa shape index (κ3) is 2.89. The number of fused-ring (bicyclic) bond motifs is 1. The van der Waals surface area contributed by atoms with Crippen LogP contribution in [-0.2, 0) is 16.0 Å². The zero-order valence-corrected chi connectivity index (χ0v) is 11.8. The van der Waals surface area contributed by atoms with Crippen LogP contribution in [0.5, 0.6) is 0 Å². The number of rotatable bonds is 5. The number of amides is 1. The van der Waals surface area contributed by atoms with Crippen molar-refractivity contribution < 1.29 is 9.53 Å². The number of hydrogen-bond donors (Lipinski definition) is 1. The molecule has 1 heterocycles. The predicted octanol–water partition coefficient (Wildman–Crippen LogP) is 1.91. The van der Waals surface area contributed by atoms with Crippen LogP contribution in [0.15, 0.2) is 24.3 Å². The first kappa shape index (κ1) is 13.9. The van der Waals surface area contributed by atoms with Gasteiger partial charge in [-0.3, -0.25) is 4.79 Å². The summed E-state index contributed by atoms with van der Waals surface area (Å²) in [6.45, 7) is 5.30. The van der Waals surface area contributed by atoms with E-state index in [1.165, 1.54) is 5.56 Å². The smallest absolute Gasteiger partial charge is 0.245 e. The number of benzene rings is 1. The van der Waals surface area contributed by atoms with Crippen molar-refractivity contribution in [3.63, 3.8) is 0 Å². The molecule has 104 valence electrons. The first-order valence-electron chi connectivity index (χ1n) is 6.81. The molecule has 0 radical (unpaired) electrons. The molecule has 4 heteroatoms. The summed E-state index contributed by atoms with van der Waals surface area (Å²) in [5, 5.41) is 3.31. The Bertz CT molecular complexity index is 423. The van der Waals surface area contributed by atoms with Gasteiger partial charge in [0.25, 0.3) is 0 Å². The molecular weight excluding hydrogens is 240 g/mol. The molecule has 0 spiro atoms. The van der Waals surface area contributed by atoms with Gasteiger partial charge in [0.15, 0.2) is 0 Å². The van der Waals surface area contributed by atoms with Gasteiger partial charge < -0.3 is 15.0 Å². The van der Waals surface area contributed by atoms with Crippen LogP contribution in [0, 0.1) is 0 Å². The lowest BCUT2D eigenvalue weighted by Gasteiger charge is -2.30. The molecule has 1 unspecified atom stereocenters. The van der Waals surface area contributed by atoms with E-state index in [0.717, 1.165) is 12.1 Å². The summed E-state index contributed by atoms with van der Waals surface area (Å²) in [6, 6.07) is 8.06. The monoisotopic (exact) mass is 262 g/mol. The first-order valence-corrected chi connectivity index (χ1v) is 6.81. The number of anilines is 1. The second-order valence-electron chi connectivity index (χ2n) is 4.99. The second kappa shape index (κ2) is 6.06. The normalized spacial score (nSPS) is 18.6. The van der Waals surface area contributed by atoms with Gasteiger partial charge in [0, 0.05) is 25.8 Å². The van der Waals surface area contributed by atoms with Crippen LogP contribution in [0.2, 0.25) is 0 Å². The van der Waals surface area contributed by atoms with Crippen molar-refractivity contribution >= 4 is 11.6 Å². The van der Waals surface area contributed by atoms with Gasteiger partial charge in [0.2, 0.25) is 5.91 Å². The molecule has 1 aliphatic heterocycles. The fourth-order valence-corrected chi connectivity index (χ4v) is 2.66. The summed E-state index contributed by atoms with van der Waals surface area (Å²) in [6.07, 6.45) is 0.769. The van der Waals surface area contributed by atoms with E-state index in [9.17, 15) is 4.79 Å². The number of methoxy groups -OCH3 is 1. The molecule has 0 saturated carbocycles. The quantitative estimate of drug-likeness (QED) is 0.881. The molecule has 0 fully saturated rings. The maximum atomic E-state index is 12.6. The Labute approximate surface area is 114 Å². The molecule has 1 aromatic rings. The van der Waals surface area contributed by atoms with Crippen LogP contribution in [0.3, 0.4) is 0 Å². The minimum atomic E-state index is -0.142. The Kier molecular flexibility index (Phi) is 4.43. The number of carbonyl (C=O) groups is 1. The highest BCUT2D eigenvalue weighted by Gasteiger charge is 2.31. The summed E-state index contributed by atoms with van der Waals surface area (Å²) < 4.78 is 5.15. The lowest BCUT2D eigenvalue weighted by atomic mass is 10.1. The Morgan fingerprint density at radius 2 is 2.26 bits per heavy atom. The summed E-state index contributed by atoms with van der Waals surface area (Å²) in [5.41, 5.74) is 2.30. The standard InChI is InChI=1S/C15H22N2O2/c1-4-17(11(2)10-19-3)15(18)14-9-12-7-5-6-8-13(12)16-14/h5-8,11,14,16H,4,9-10H2,1-3H3/t11?,14-/m0/s1. The lowest BCUT2D eigenvalue weighted by molar-refractivity contribution is -0.134. The molecule has 1 aliphatic rings. The molecule has 0 aromatic heterocycles. The van der Waals surface area contributed by atoms with Crippen LogP contribution >= 0.6 is 0 Å². The highest BCUT2D eigenvalue weighted by molar-refractivity contribution is 5.87. The van der Waals surface area contributed by atoms with Gasteiger partial charge in [-0.15, -0.1) is 0 Å². The first-order chi connectivity index (χ1) is 9.17. The number of nitrogens with zero attached hydrogens (tertiary/aromatic N) is 1. The number of hydrogen-bond acceptors (Lipinski definition) is 3. The van der Waals surface area contributed by atoms with Crippen molar-refractivity contribution in [2.75, 3.05) is 25.6 Å². The van der Waals surface area contributed by atoms with E-state index >= 15 is 0 Å². The SMILES string of the molecule is CCN(C(=O)[C@@H]1Cc2ccccc2N1)C(C)COC. The maximum absolute atomic E-state index is 12.6. The van der Waals surface area contributed by atoms with E-state index in [2.05, 4.69) is 11.4 Å². The second-order valence-corrected chi connectivity index (χ2v) is 4.99. The summed E-state index contributed by atoms with van der Waals surface area (Å²) >= 11 is 0. The van der Waals surface area contributed by atoms with Crippen molar-refractivity contribution in [1.29, 1.82) is 0 Å². The number of nitrogens with one attached hydrogen (secondary N) is 1. The Morgan fingerprint density at radius 1 is 1.53 bits per heavy atom. The van der Waals surface area contributed by atoms with E-state index in [-0.39, 0.29) is 18.0 Å². The fourth-order valence-electron chi connectivity index (χ4n) is 2.66. The molecule has 1 amide bonds. The lowest BCUT2D eigenvalue weighted by Crippen LogP contribution is -2.47. The van der Waals surface area contributed by atoms with E-state index in [0.29, 0.717) is 13.2 Å². The summed E-state index contributed by atoms with van der Waals surface area (Å²) in [4.78, 5) is 14.5. The van der Waals surface area contributed by atoms with Gasteiger partial charge in [-0.25, -0.2) is 0 Å². The highest BCUT2D eigenvalue weighted by atomic mass is 16.5. The van der Waals surface area contributed by atoms with E-state index in [1.807, 2.05) is 36.9 Å². The molecule has 4 nitrogen and oxygen atoms in total. The van der Waals surface area contributed by atoms with Crippen LogP contribution in [-0.4, -0.2) is 43.2 Å².